The van der Waals surface area contributed by atoms with Crippen molar-refractivity contribution in [2.45, 2.75) is 58.0 Å². The van der Waals surface area contributed by atoms with Crippen molar-refractivity contribution < 1.29 is 4.74 Å². The number of ether oxygens (including phenoxy) is 1. The second kappa shape index (κ2) is 7.63. The molecule has 0 saturated carbocycles. The first-order chi connectivity index (χ1) is 11.9. The lowest BCUT2D eigenvalue weighted by Gasteiger charge is -2.28. The number of alkyl halides is 1. The predicted molar refractivity (Wildman–Crippen MR) is 110 cm³/mol. The Bertz CT molecular complexity index is 694. The minimum atomic E-state index is 0.122. The number of benzene rings is 2. The first-order valence-corrected chi connectivity index (χ1v) is 10.4. The summed E-state index contributed by atoms with van der Waals surface area (Å²) in [4.78, 5) is 0. The summed E-state index contributed by atoms with van der Waals surface area (Å²) in [5.41, 5.74) is 8.83. The van der Waals surface area contributed by atoms with E-state index in [9.17, 15) is 0 Å². The van der Waals surface area contributed by atoms with Crippen LogP contribution in [0.15, 0.2) is 36.4 Å². The van der Waals surface area contributed by atoms with Crippen molar-refractivity contribution in [3.05, 3.63) is 69.8 Å². The molecule has 25 heavy (non-hydrogen) atoms. The van der Waals surface area contributed by atoms with E-state index in [-0.39, 0.29) is 11.5 Å². The minimum absolute atomic E-state index is 0.122. The number of rotatable bonds is 3. The van der Waals surface area contributed by atoms with Gasteiger partial charge in [0.15, 0.2) is 0 Å². The van der Waals surface area contributed by atoms with Crippen LogP contribution < -0.4 is 0 Å². The van der Waals surface area contributed by atoms with Gasteiger partial charge in [0.1, 0.15) is 0 Å². The van der Waals surface area contributed by atoms with E-state index in [4.69, 9.17) is 4.74 Å². The second-order valence-corrected chi connectivity index (χ2v) is 8.80. The van der Waals surface area contributed by atoms with Gasteiger partial charge in [-0.05, 0) is 64.5 Å². The quantitative estimate of drug-likeness (QED) is 0.578. The molecule has 1 aliphatic rings. The molecule has 0 spiro atoms. The van der Waals surface area contributed by atoms with E-state index in [1.165, 1.54) is 33.4 Å². The molecule has 0 aromatic heterocycles. The van der Waals surface area contributed by atoms with E-state index in [1.807, 2.05) is 7.11 Å². The van der Waals surface area contributed by atoms with Crippen LogP contribution in [0.5, 0.6) is 0 Å². The van der Waals surface area contributed by atoms with Gasteiger partial charge in [-0.1, -0.05) is 73.1 Å². The topological polar surface area (TPSA) is 9.23 Å². The number of halogens is 1. The number of hydrogen-bond donors (Lipinski definition) is 0. The van der Waals surface area contributed by atoms with E-state index in [0.717, 1.165) is 31.0 Å². The highest BCUT2D eigenvalue weighted by Gasteiger charge is 2.23. The maximum atomic E-state index is 5.84. The zero-order chi connectivity index (χ0) is 18.0. The summed E-state index contributed by atoms with van der Waals surface area (Å²) in [7, 11) is 1.82. The Balaban J connectivity index is 2.15. The van der Waals surface area contributed by atoms with E-state index >= 15 is 0 Å². The minimum Gasteiger partial charge on any atom is -0.376 e. The van der Waals surface area contributed by atoms with Crippen molar-refractivity contribution in [2.75, 3.05) is 12.4 Å². The van der Waals surface area contributed by atoms with Crippen molar-refractivity contribution in [1.29, 1.82) is 0 Å². The van der Waals surface area contributed by atoms with Crippen LogP contribution in [-0.2, 0) is 35.8 Å². The van der Waals surface area contributed by atoms with Crippen molar-refractivity contribution in [2.24, 2.45) is 0 Å². The van der Waals surface area contributed by atoms with Crippen molar-refractivity contribution in [3.63, 3.8) is 0 Å². The van der Waals surface area contributed by atoms with Gasteiger partial charge in [-0.25, -0.2) is 0 Å². The summed E-state index contributed by atoms with van der Waals surface area (Å²) in [6.07, 6.45) is 4.45. The standard InChI is InChI=1S/C23H29BrO/c1-23(2,3)20-13-18-10-8-16-6-5-7-17(12-16)9-11-19(14-20)22(18)21(15-24)25-4/h5-7,12-14,21H,8-11,15H2,1-4H3. The molecule has 3 rings (SSSR count). The average molecular weight is 401 g/mol. The Kier molecular flexibility index (Phi) is 5.70. The summed E-state index contributed by atoms with van der Waals surface area (Å²) in [6, 6.07) is 14.0. The highest BCUT2D eigenvalue weighted by molar-refractivity contribution is 9.09. The first kappa shape index (κ1) is 18.7. The largest absolute Gasteiger partial charge is 0.376 e. The van der Waals surface area contributed by atoms with Crippen LogP contribution in [0, 0.1) is 0 Å². The monoisotopic (exact) mass is 400 g/mol. The van der Waals surface area contributed by atoms with E-state index < -0.39 is 0 Å². The van der Waals surface area contributed by atoms with Gasteiger partial charge in [0.05, 0.1) is 6.10 Å². The summed E-state index contributed by atoms with van der Waals surface area (Å²) >= 11 is 3.66. The molecule has 2 aromatic rings. The van der Waals surface area contributed by atoms with Gasteiger partial charge in [-0.3, -0.25) is 0 Å². The lowest BCUT2D eigenvalue weighted by atomic mass is 9.80. The highest BCUT2D eigenvalue weighted by atomic mass is 79.9. The van der Waals surface area contributed by atoms with Crippen LogP contribution in [0.1, 0.15) is 60.3 Å². The van der Waals surface area contributed by atoms with Gasteiger partial charge in [-0.15, -0.1) is 0 Å². The molecule has 0 N–H and O–H groups in total. The fourth-order valence-corrected chi connectivity index (χ4v) is 4.38. The van der Waals surface area contributed by atoms with E-state index in [2.05, 4.69) is 73.1 Å². The maximum absolute atomic E-state index is 5.84. The molecule has 1 atom stereocenters. The molecule has 1 unspecified atom stereocenters. The number of hydrogen-bond acceptors (Lipinski definition) is 1. The van der Waals surface area contributed by atoms with E-state index in [0.29, 0.717) is 0 Å². The third-order valence-corrected chi connectivity index (χ3v) is 5.91. The molecular formula is C23H29BrO. The SMILES string of the molecule is COC(CBr)c1c2cc(C(C)(C)C)cc1CCc1cccc(c1)CC2. The van der Waals surface area contributed by atoms with Gasteiger partial charge in [0, 0.05) is 12.4 Å². The second-order valence-electron chi connectivity index (χ2n) is 8.16. The fourth-order valence-electron chi connectivity index (χ4n) is 3.80. The normalized spacial score (nSPS) is 15.7. The molecule has 0 amide bonds. The smallest absolute Gasteiger partial charge is 0.0923 e. The average Bonchev–Trinajstić information content (AvgIpc) is 2.58. The molecule has 0 radical (unpaired) electrons. The Morgan fingerprint density at radius 1 is 0.960 bits per heavy atom. The van der Waals surface area contributed by atoms with Gasteiger partial charge in [0.2, 0.25) is 0 Å². The summed E-state index contributed by atoms with van der Waals surface area (Å²) in [6.45, 7) is 6.92. The molecule has 0 fully saturated rings. The highest BCUT2D eigenvalue weighted by Crippen LogP contribution is 2.34. The maximum Gasteiger partial charge on any atom is 0.0923 e. The number of fused-ring (bicyclic) bond motifs is 4. The Hall–Kier alpha value is -1.12. The lowest BCUT2D eigenvalue weighted by Crippen LogP contribution is -2.18. The third kappa shape index (κ3) is 4.17. The molecular weight excluding hydrogens is 372 g/mol. The summed E-state index contributed by atoms with van der Waals surface area (Å²) in [5, 5.41) is 0.837. The van der Waals surface area contributed by atoms with Crippen LogP contribution >= 0.6 is 15.9 Å². The van der Waals surface area contributed by atoms with Gasteiger partial charge in [0.25, 0.3) is 0 Å². The molecule has 134 valence electrons. The van der Waals surface area contributed by atoms with Crippen LogP contribution in [0.2, 0.25) is 0 Å². The summed E-state index contributed by atoms with van der Waals surface area (Å²) in [5.74, 6) is 0. The van der Waals surface area contributed by atoms with E-state index in [1.54, 1.807) is 0 Å². The van der Waals surface area contributed by atoms with Gasteiger partial charge >= 0.3 is 0 Å². The molecule has 1 aliphatic carbocycles. The zero-order valence-electron chi connectivity index (χ0n) is 15.9. The summed E-state index contributed by atoms with van der Waals surface area (Å²) < 4.78 is 5.84. The Labute approximate surface area is 160 Å². The predicted octanol–water partition coefficient (Wildman–Crippen LogP) is 5.95. The van der Waals surface area contributed by atoms with Crippen molar-refractivity contribution >= 4 is 15.9 Å². The lowest BCUT2D eigenvalue weighted by molar-refractivity contribution is 0.123. The molecule has 4 bridgehead atoms. The Morgan fingerprint density at radius 2 is 1.52 bits per heavy atom. The molecule has 2 heteroatoms. The van der Waals surface area contributed by atoms with Crippen LogP contribution in [0.25, 0.3) is 0 Å². The molecule has 2 aromatic carbocycles. The van der Waals surface area contributed by atoms with Crippen molar-refractivity contribution in [3.8, 4) is 0 Å². The molecule has 0 aliphatic heterocycles. The molecule has 1 nitrogen and oxygen atoms in total. The number of aryl methyl sites for hydroxylation is 4. The number of methoxy groups -OCH3 is 1. The first-order valence-electron chi connectivity index (χ1n) is 9.25. The molecule has 0 saturated heterocycles. The van der Waals surface area contributed by atoms with Gasteiger partial charge in [-0.2, -0.15) is 0 Å². The van der Waals surface area contributed by atoms with Crippen LogP contribution in [0.3, 0.4) is 0 Å². The third-order valence-electron chi connectivity index (χ3n) is 5.32. The van der Waals surface area contributed by atoms with Gasteiger partial charge < -0.3 is 4.74 Å². The van der Waals surface area contributed by atoms with Crippen LogP contribution in [0.4, 0.5) is 0 Å². The zero-order valence-corrected chi connectivity index (χ0v) is 17.4. The Morgan fingerprint density at radius 3 is 1.96 bits per heavy atom. The van der Waals surface area contributed by atoms with Crippen LogP contribution in [-0.4, -0.2) is 12.4 Å². The van der Waals surface area contributed by atoms with Crippen molar-refractivity contribution in [1.82, 2.24) is 0 Å². The molecule has 0 heterocycles. The fraction of sp³-hybridized carbons (Fsp3) is 0.478.